The van der Waals surface area contributed by atoms with E-state index >= 15 is 26.0 Å². The standard InChI is InChI=1S/C42H48F4O9S2/c43-33-35(45)42(56(50,51)52)36(46)34(44)40(33)55-57(53,54)41-28(31-19-2-16-5-23(11-19)38(48)26(31)8-16)13-21(30-18-1-15-4-22(10-18)37(47)25(30)7-15)14-29(41)32-20-3-17-6-24(12-20)39(49)27(32)9-17/h13-20,22-27,30-32,37-39,47-49H,1-12H2,(H,50,51,52). The monoisotopic (exact) mass is 836 g/mol. The normalized spacial score (nSPS) is 45.0. The van der Waals surface area contributed by atoms with E-state index in [1.165, 1.54) is 0 Å². The molecule has 310 valence electrons. The Balaban J connectivity index is 1.15. The van der Waals surface area contributed by atoms with E-state index in [2.05, 4.69) is 0 Å². The SMILES string of the molecule is O=S(=O)(O)c1c(F)c(F)c(OS(=O)(=O)c2c(C3C4CC5CC(C4)C(O)C3C5)cc(C3C4CC5CC(C4)C(O)C3C5)cc2C2C3CC4CC(C3)C(O)C2C4)c(F)c1F. The molecule has 9 nitrogen and oxygen atoms in total. The Bertz CT molecular complexity index is 2190. The lowest BCUT2D eigenvalue weighted by Gasteiger charge is -2.59. The molecule has 0 heterocycles. The van der Waals surface area contributed by atoms with Crippen LogP contribution in [0.1, 0.15) is 111 Å². The molecular weight excluding hydrogens is 789 g/mol. The molecule has 12 aliphatic carbocycles. The van der Waals surface area contributed by atoms with Crippen molar-refractivity contribution in [3.05, 3.63) is 52.1 Å². The van der Waals surface area contributed by atoms with Gasteiger partial charge in [0.2, 0.25) is 17.4 Å². The molecule has 0 radical (unpaired) electrons. The Morgan fingerprint density at radius 1 is 0.491 bits per heavy atom. The summed E-state index contributed by atoms with van der Waals surface area (Å²) in [5.74, 6) is -12.1. The molecule has 18 atom stereocenters. The third-order valence-corrected chi connectivity index (χ3v) is 19.5. The smallest absolute Gasteiger partial charge is 0.339 e. The fourth-order valence-corrected chi connectivity index (χ4v) is 17.9. The molecule has 15 heteroatoms. The van der Waals surface area contributed by atoms with E-state index in [1.54, 1.807) is 0 Å². The molecule has 57 heavy (non-hydrogen) atoms. The van der Waals surface area contributed by atoms with E-state index in [0.717, 1.165) is 56.9 Å². The molecule has 12 bridgehead atoms. The van der Waals surface area contributed by atoms with Crippen molar-refractivity contribution in [2.24, 2.45) is 71.0 Å². The van der Waals surface area contributed by atoms with Gasteiger partial charge in [0, 0.05) is 0 Å². The van der Waals surface area contributed by atoms with Gasteiger partial charge in [-0.1, -0.05) is 12.1 Å². The lowest BCUT2D eigenvalue weighted by Crippen LogP contribution is -2.54. The molecule has 2 aromatic carbocycles. The molecule has 12 aliphatic rings. The van der Waals surface area contributed by atoms with Crippen molar-refractivity contribution in [2.75, 3.05) is 0 Å². The van der Waals surface area contributed by atoms with E-state index < -0.39 is 84.3 Å². The molecule has 4 N–H and O–H groups in total. The zero-order chi connectivity index (χ0) is 39.8. The van der Waals surface area contributed by atoms with E-state index in [4.69, 9.17) is 4.18 Å². The van der Waals surface area contributed by atoms with Crippen LogP contribution in [0.3, 0.4) is 0 Å². The maximum Gasteiger partial charge on any atom is 0.339 e. The maximum absolute atomic E-state index is 15.6. The highest BCUT2D eigenvalue weighted by Crippen LogP contribution is 2.66. The zero-order valence-electron chi connectivity index (χ0n) is 31.2. The van der Waals surface area contributed by atoms with Crippen molar-refractivity contribution in [1.29, 1.82) is 0 Å². The van der Waals surface area contributed by atoms with Crippen LogP contribution in [-0.2, 0) is 20.2 Å². The Hall–Kier alpha value is -2.30. The van der Waals surface area contributed by atoms with Gasteiger partial charge in [-0.2, -0.15) is 25.6 Å². The van der Waals surface area contributed by atoms with Crippen LogP contribution in [0.2, 0.25) is 0 Å². The highest BCUT2D eigenvalue weighted by Gasteiger charge is 2.59. The number of benzene rings is 2. The van der Waals surface area contributed by atoms with Crippen LogP contribution in [0.4, 0.5) is 17.6 Å². The molecule has 12 saturated carbocycles. The molecule has 0 saturated heterocycles. The van der Waals surface area contributed by atoms with Crippen LogP contribution in [0, 0.1) is 94.3 Å². The topological polar surface area (TPSA) is 158 Å². The van der Waals surface area contributed by atoms with Gasteiger partial charge in [-0.25, -0.2) is 8.78 Å². The van der Waals surface area contributed by atoms with Gasteiger partial charge in [-0.05, 0) is 183 Å². The Morgan fingerprint density at radius 3 is 1.26 bits per heavy atom. The highest BCUT2D eigenvalue weighted by molar-refractivity contribution is 7.87. The van der Waals surface area contributed by atoms with Crippen LogP contribution in [0.25, 0.3) is 0 Å². The molecule has 14 rings (SSSR count). The molecule has 0 spiro atoms. The van der Waals surface area contributed by atoms with Crippen LogP contribution in [0.15, 0.2) is 21.9 Å². The quantitative estimate of drug-likeness (QED) is 0.102. The minimum absolute atomic E-state index is 0.0291. The van der Waals surface area contributed by atoms with Crippen molar-refractivity contribution in [1.82, 2.24) is 0 Å². The largest absolute Gasteiger partial charge is 0.393 e. The first-order valence-corrected chi connectivity index (χ1v) is 23.8. The Morgan fingerprint density at radius 2 is 0.860 bits per heavy atom. The van der Waals surface area contributed by atoms with Crippen LogP contribution in [-0.4, -0.2) is 55.0 Å². The number of aliphatic hydroxyl groups excluding tert-OH is 3. The number of aliphatic hydroxyl groups is 3. The predicted molar refractivity (Wildman–Crippen MR) is 194 cm³/mol. The number of hydrogen-bond acceptors (Lipinski definition) is 8. The van der Waals surface area contributed by atoms with E-state index in [9.17, 15) is 28.3 Å². The molecule has 18 unspecified atom stereocenters. The minimum atomic E-state index is -5.82. The maximum atomic E-state index is 15.6. The summed E-state index contributed by atoms with van der Waals surface area (Å²) in [6.45, 7) is 0. The van der Waals surface area contributed by atoms with Gasteiger partial charge in [-0.3, -0.25) is 4.55 Å². The first-order chi connectivity index (χ1) is 27.0. The van der Waals surface area contributed by atoms with E-state index in [0.29, 0.717) is 54.6 Å². The summed E-state index contributed by atoms with van der Waals surface area (Å²) in [6.07, 6.45) is 7.69. The lowest BCUT2D eigenvalue weighted by atomic mass is 9.47. The van der Waals surface area contributed by atoms with Crippen molar-refractivity contribution in [2.45, 2.75) is 123 Å². The zero-order valence-corrected chi connectivity index (χ0v) is 32.8. The Kier molecular flexibility index (Phi) is 8.34. The predicted octanol–water partition coefficient (Wildman–Crippen LogP) is 6.79. The highest BCUT2D eigenvalue weighted by atomic mass is 32.2. The van der Waals surface area contributed by atoms with Crippen molar-refractivity contribution < 1.29 is 58.5 Å². The van der Waals surface area contributed by atoms with Gasteiger partial charge < -0.3 is 19.5 Å². The van der Waals surface area contributed by atoms with Crippen molar-refractivity contribution >= 4 is 20.2 Å². The van der Waals surface area contributed by atoms with Gasteiger partial charge in [0.15, 0.2) is 16.5 Å². The number of rotatable bonds is 7. The Labute approximate surface area is 329 Å². The van der Waals surface area contributed by atoms with Gasteiger partial charge in [0.05, 0.1) is 18.3 Å². The molecule has 0 aromatic heterocycles. The second kappa shape index (κ2) is 12.6. The first kappa shape index (κ1) is 37.7. The van der Waals surface area contributed by atoms with Gasteiger partial charge in [0.1, 0.15) is 4.90 Å². The van der Waals surface area contributed by atoms with Crippen LogP contribution < -0.4 is 4.18 Å². The minimum Gasteiger partial charge on any atom is -0.393 e. The molecule has 12 fully saturated rings. The van der Waals surface area contributed by atoms with Crippen LogP contribution in [0.5, 0.6) is 5.75 Å². The number of halogens is 4. The average Bonchev–Trinajstić information content (AvgIpc) is 3.14. The first-order valence-electron chi connectivity index (χ1n) is 21.0. The summed E-state index contributed by atoms with van der Waals surface area (Å²) in [4.78, 5) is -2.68. The molecule has 2 aromatic rings. The van der Waals surface area contributed by atoms with Crippen molar-refractivity contribution in [3.8, 4) is 5.75 Å². The van der Waals surface area contributed by atoms with Crippen LogP contribution >= 0.6 is 0 Å². The van der Waals surface area contributed by atoms with Gasteiger partial charge >= 0.3 is 20.2 Å². The average molecular weight is 837 g/mol. The summed E-state index contributed by atoms with van der Waals surface area (Å²) in [5, 5.41) is 35.1. The lowest BCUT2D eigenvalue weighted by molar-refractivity contribution is -0.110. The molecule has 0 aliphatic heterocycles. The second-order valence-electron chi connectivity index (χ2n) is 20.0. The van der Waals surface area contributed by atoms with E-state index in [1.807, 2.05) is 12.1 Å². The third kappa shape index (κ3) is 5.42. The summed E-state index contributed by atoms with van der Waals surface area (Å²) in [7, 11) is -11.2. The molecule has 0 amide bonds. The summed E-state index contributed by atoms with van der Waals surface area (Å²) in [5.41, 5.74) is 1.53. The van der Waals surface area contributed by atoms with Gasteiger partial charge in [0.25, 0.3) is 0 Å². The fraction of sp³-hybridized carbons (Fsp3) is 0.714. The number of hydrogen-bond donors (Lipinski definition) is 4. The summed E-state index contributed by atoms with van der Waals surface area (Å²) >= 11 is 0. The summed E-state index contributed by atoms with van der Waals surface area (Å²) in [6, 6.07) is 3.72. The fourth-order valence-electron chi connectivity index (χ4n) is 15.8. The van der Waals surface area contributed by atoms with E-state index in [-0.39, 0.29) is 64.1 Å². The molecular formula is C42H48F4O9S2. The van der Waals surface area contributed by atoms with Crippen molar-refractivity contribution in [3.63, 3.8) is 0 Å². The third-order valence-electron chi connectivity index (χ3n) is 17.3. The second-order valence-corrected chi connectivity index (χ2v) is 22.8. The summed E-state index contributed by atoms with van der Waals surface area (Å²) < 4.78 is 130. The van der Waals surface area contributed by atoms with Gasteiger partial charge in [-0.15, -0.1) is 0 Å².